The molecule has 1 aliphatic carbocycles. The van der Waals surface area contributed by atoms with Gasteiger partial charge in [0.2, 0.25) is 11.8 Å². The lowest BCUT2D eigenvalue weighted by atomic mass is 10.1. The van der Waals surface area contributed by atoms with Gasteiger partial charge in [0.05, 0.1) is 0 Å². The van der Waals surface area contributed by atoms with E-state index in [1.807, 2.05) is 6.07 Å². The monoisotopic (exact) mass is 271 g/mol. The van der Waals surface area contributed by atoms with Crippen molar-refractivity contribution in [1.82, 2.24) is 15.5 Å². The van der Waals surface area contributed by atoms with Crippen LogP contribution in [0.5, 0.6) is 0 Å². The van der Waals surface area contributed by atoms with Crippen LogP contribution in [0.1, 0.15) is 36.3 Å². The second-order valence-electron chi connectivity index (χ2n) is 5.63. The maximum absolute atomic E-state index is 5.74. The number of hydrogen-bond donors (Lipinski definition) is 1. The summed E-state index contributed by atoms with van der Waals surface area (Å²) >= 11 is 0. The van der Waals surface area contributed by atoms with E-state index >= 15 is 0 Å². The Morgan fingerprint density at radius 2 is 2.05 bits per heavy atom. The molecule has 1 aromatic heterocycles. The molecular weight excluding hydrogens is 250 g/mol. The van der Waals surface area contributed by atoms with E-state index in [1.165, 1.54) is 24.0 Å². The van der Waals surface area contributed by atoms with E-state index in [2.05, 4.69) is 41.5 Å². The Morgan fingerprint density at radius 1 is 1.20 bits per heavy atom. The molecule has 0 radical (unpaired) electrons. The molecule has 0 atom stereocenters. The Labute approximate surface area is 119 Å². The number of rotatable bonds is 6. The molecule has 4 nitrogen and oxygen atoms in total. The summed E-state index contributed by atoms with van der Waals surface area (Å²) in [6.45, 7) is 5.23. The maximum Gasteiger partial charge on any atom is 0.247 e. The van der Waals surface area contributed by atoms with Gasteiger partial charge in [0.15, 0.2) is 0 Å². The summed E-state index contributed by atoms with van der Waals surface area (Å²) in [4.78, 5) is 0. The lowest BCUT2D eigenvalue weighted by Gasteiger charge is -2.01. The molecule has 106 valence electrons. The molecule has 0 bridgehead atoms. The molecule has 0 spiro atoms. The Kier molecular flexibility index (Phi) is 3.83. The molecule has 3 rings (SSSR count). The van der Waals surface area contributed by atoms with Crippen LogP contribution in [0.3, 0.4) is 0 Å². The summed E-state index contributed by atoms with van der Waals surface area (Å²) in [5, 5.41) is 11.8. The predicted octanol–water partition coefficient (Wildman–Crippen LogP) is 3.04. The third-order valence-corrected chi connectivity index (χ3v) is 3.80. The van der Waals surface area contributed by atoms with Crippen LogP contribution in [0.2, 0.25) is 0 Å². The van der Waals surface area contributed by atoms with Crippen LogP contribution < -0.4 is 5.32 Å². The minimum atomic E-state index is 0.623. The van der Waals surface area contributed by atoms with Gasteiger partial charge in [-0.1, -0.05) is 6.07 Å². The van der Waals surface area contributed by atoms with E-state index in [0.717, 1.165) is 36.9 Å². The van der Waals surface area contributed by atoms with Gasteiger partial charge >= 0.3 is 0 Å². The first-order valence-corrected chi connectivity index (χ1v) is 7.36. The lowest BCUT2D eigenvalue weighted by Crippen LogP contribution is -2.17. The van der Waals surface area contributed by atoms with Crippen molar-refractivity contribution in [1.29, 1.82) is 0 Å². The SMILES string of the molecule is Cc1ccc(-c2nnc(CCCNC3CC3)o2)cc1C. The van der Waals surface area contributed by atoms with Gasteiger partial charge in [-0.15, -0.1) is 10.2 Å². The standard InChI is InChI=1S/C16H21N3O/c1-11-5-6-13(10-12(11)2)16-19-18-15(20-16)4-3-9-17-14-7-8-14/h5-6,10,14,17H,3-4,7-9H2,1-2H3. The van der Waals surface area contributed by atoms with Crippen molar-refractivity contribution in [3.8, 4) is 11.5 Å². The molecule has 1 N–H and O–H groups in total. The molecular formula is C16H21N3O. The third kappa shape index (κ3) is 3.25. The third-order valence-electron chi connectivity index (χ3n) is 3.80. The van der Waals surface area contributed by atoms with Gasteiger partial charge in [-0.2, -0.15) is 0 Å². The molecule has 1 saturated carbocycles. The summed E-state index contributed by atoms with van der Waals surface area (Å²) < 4.78 is 5.74. The second kappa shape index (κ2) is 5.75. The van der Waals surface area contributed by atoms with Crippen molar-refractivity contribution in [3.63, 3.8) is 0 Å². The predicted molar refractivity (Wildman–Crippen MR) is 78.6 cm³/mol. The van der Waals surface area contributed by atoms with E-state index in [9.17, 15) is 0 Å². The van der Waals surface area contributed by atoms with Crippen molar-refractivity contribution < 1.29 is 4.42 Å². The fraction of sp³-hybridized carbons (Fsp3) is 0.500. The summed E-state index contributed by atoms with van der Waals surface area (Å²) in [5.74, 6) is 1.36. The van der Waals surface area contributed by atoms with Gasteiger partial charge < -0.3 is 9.73 Å². The normalized spacial score (nSPS) is 14.7. The van der Waals surface area contributed by atoms with E-state index < -0.39 is 0 Å². The zero-order chi connectivity index (χ0) is 13.9. The van der Waals surface area contributed by atoms with Crippen LogP contribution in [-0.2, 0) is 6.42 Å². The largest absolute Gasteiger partial charge is 0.421 e. The van der Waals surface area contributed by atoms with Crippen molar-refractivity contribution in [2.24, 2.45) is 0 Å². The van der Waals surface area contributed by atoms with Crippen LogP contribution in [0.4, 0.5) is 0 Å². The fourth-order valence-corrected chi connectivity index (χ4v) is 2.18. The van der Waals surface area contributed by atoms with Gasteiger partial charge in [-0.05, 0) is 62.9 Å². The van der Waals surface area contributed by atoms with Crippen LogP contribution in [0, 0.1) is 13.8 Å². The first-order chi connectivity index (χ1) is 9.72. The first-order valence-electron chi connectivity index (χ1n) is 7.36. The molecule has 1 fully saturated rings. The van der Waals surface area contributed by atoms with Crippen molar-refractivity contribution in [3.05, 3.63) is 35.2 Å². The van der Waals surface area contributed by atoms with E-state index in [4.69, 9.17) is 4.42 Å². The smallest absolute Gasteiger partial charge is 0.247 e. The molecule has 20 heavy (non-hydrogen) atoms. The zero-order valence-corrected chi connectivity index (χ0v) is 12.1. The highest BCUT2D eigenvalue weighted by molar-refractivity contribution is 5.55. The Balaban J connectivity index is 1.58. The van der Waals surface area contributed by atoms with Crippen molar-refractivity contribution in [2.75, 3.05) is 6.54 Å². The Bertz CT molecular complexity index is 587. The maximum atomic E-state index is 5.74. The van der Waals surface area contributed by atoms with Gasteiger partial charge in [-0.25, -0.2) is 0 Å². The molecule has 0 aliphatic heterocycles. The highest BCUT2D eigenvalue weighted by Crippen LogP contribution is 2.21. The highest BCUT2D eigenvalue weighted by atomic mass is 16.4. The average Bonchev–Trinajstić information content (AvgIpc) is 3.15. The molecule has 1 heterocycles. The average molecular weight is 271 g/mol. The Morgan fingerprint density at radius 3 is 2.80 bits per heavy atom. The molecule has 1 aromatic carbocycles. The zero-order valence-electron chi connectivity index (χ0n) is 12.1. The van der Waals surface area contributed by atoms with Gasteiger partial charge in [-0.3, -0.25) is 0 Å². The van der Waals surface area contributed by atoms with Crippen molar-refractivity contribution in [2.45, 2.75) is 45.6 Å². The van der Waals surface area contributed by atoms with Crippen molar-refractivity contribution >= 4 is 0 Å². The Hall–Kier alpha value is -1.68. The van der Waals surface area contributed by atoms with E-state index in [0.29, 0.717) is 5.89 Å². The molecule has 0 amide bonds. The number of nitrogens with zero attached hydrogens (tertiary/aromatic N) is 2. The number of hydrogen-bond acceptors (Lipinski definition) is 4. The number of aryl methyl sites for hydroxylation is 3. The van der Waals surface area contributed by atoms with Crippen LogP contribution in [0.15, 0.2) is 22.6 Å². The van der Waals surface area contributed by atoms with Gasteiger partial charge in [0, 0.05) is 18.0 Å². The molecule has 2 aromatic rings. The molecule has 0 unspecified atom stereocenters. The molecule has 0 saturated heterocycles. The quantitative estimate of drug-likeness (QED) is 0.820. The topological polar surface area (TPSA) is 51.0 Å². The summed E-state index contributed by atoms with van der Waals surface area (Å²) in [5.41, 5.74) is 3.53. The summed E-state index contributed by atoms with van der Waals surface area (Å²) in [7, 11) is 0. The lowest BCUT2D eigenvalue weighted by molar-refractivity contribution is 0.491. The second-order valence-corrected chi connectivity index (χ2v) is 5.63. The summed E-state index contributed by atoms with van der Waals surface area (Å²) in [6.07, 6.45) is 4.55. The van der Waals surface area contributed by atoms with Crippen LogP contribution >= 0.6 is 0 Å². The highest BCUT2D eigenvalue weighted by Gasteiger charge is 2.19. The van der Waals surface area contributed by atoms with Crippen LogP contribution in [-0.4, -0.2) is 22.8 Å². The minimum absolute atomic E-state index is 0.623. The van der Waals surface area contributed by atoms with E-state index in [1.54, 1.807) is 0 Å². The van der Waals surface area contributed by atoms with E-state index in [-0.39, 0.29) is 0 Å². The molecule has 1 aliphatic rings. The number of benzene rings is 1. The molecule has 4 heteroatoms. The fourth-order valence-electron chi connectivity index (χ4n) is 2.18. The summed E-state index contributed by atoms with van der Waals surface area (Å²) in [6, 6.07) is 6.99. The minimum Gasteiger partial charge on any atom is -0.421 e. The number of nitrogens with one attached hydrogen (secondary N) is 1. The van der Waals surface area contributed by atoms with Crippen LogP contribution in [0.25, 0.3) is 11.5 Å². The first kappa shape index (κ1) is 13.3. The van der Waals surface area contributed by atoms with Gasteiger partial charge in [0.1, 0.15) is 0 Å². The van der Waals surface area contributed by atoms with Gasteiger partial charge in [0.25, 0.3) is 0 Å². The number of aromatic nitrogens is 2.